The maximum atomic E-state index is 11.5. The van der Waals surface area contributed by atoms with Crippen molar-refractivity contribution in [2.75, 3.05) is 23.3 Å². The molecule has 1 aromatic carbocycles. The number of carbonyl (C=O) groups excluding carboxylic acids is 1. The maximum Gasteiger partial charge on any atom is 0.243 e. The van der Waals surface area contributed by atoms with Gasteiger partial charge in [-0.3, -0.25) is 4.79 Å². The number of nitrogens with one attached hydrogen (secondary N) is 1. The Morgan fingerprint density at radius 3 is 2.87 bits per heavy atom. The Morgan fingerprint density at radius 1 is 1.40 bits per heavy atom. The Kier molecular flexibility index (Phi) is 2.62. The number of hydrogen-bond acceptors (Lipinski definition) is 2. The summed E-state index contributed by atoms with van der Waals surface area (Å²) in [5, 5.41) is 2.88. The number of hydrogen-bond donors (Lipinski definition) is 1. The van der Waals surface area contributed by atoms with Crippen LogP contribution in [0.2, 0.25) is 0 Å². The Balaban J connectivity index is 2.30. The highest BCUT2D eigenvalue weighted by Crippen LogP contribution is 2.29. The van der Waals surface area contributed by atoms with Gasteiger partial charge in [-0.15, -0.1) is 0 Å². The smallest absolute Gasteiger partial charge is 0.243 e. The van der Waals surface area contributed by atoms with Gasteiger partial charge in [-0.25, -0.2) is 0 Å². The summed E-state index contributed by atoms with van der Waals surface area (Å²) in [5.41, 5.74) is 2.06. The fourth-order valence-corrected chi connectivity index (χ4v) is 1.91. The van der Waals surface area contributed by atoms with Gasteiger partial charge in [0.15, 0.2) is 0 Å². The molecule has 0 spiro atoms. The van der Waals surface area contributed by atoms with Crippen LogP contribution in [0.4, 0.5) is 11.4 Å². The van der Waals surface area contributed by atoms with Gasteiger partial charge in [0.1, 0.15) is 0 Å². The molecule has 0 saturated heterocycles. The van der Waals surface area contributed by atoms with Gasteiger partial charge >= 0.3 is 0 Å². The highest BCUT2D eigenvalue weighted by atomic mass is 16.2. The normalized spacial score (nSPS) is 15.1. The molecule has 0 aliphatic carbocycles. The van der Waals surface area contributed by atoms with Crippen molar-refractivity contribution in [3.63, 3.8) is 0 Å². The third-order valence-corrected chi connectivity index (χ3v) is 2.44. The lowest BCUT2D eigenvalue weighted by Gasteiger charge is -2.32. The Labute approximate surface area is 90.1 Å². The van der Waals surface area contributed by atoms with Gasteiger partial charge in [-0.05, 0) is 18.1 Å². The van der Waals surface area contributed by atoms with Crippen LogP contribution in [-0.4, -0.2) is 19.0 Å². The van der Waals surface area contributed by atoms with E-state index in [9.17, 15) is 4.79 Å². The predicted octanol–water partition coefficient (Wildman–Crippen LogP) is 2.10. The first-order chi connectivity index (χ1) is 7.16. The summed E-state index contributed by atoms with van der Waals surface area (Å²) in [6, 6.07) is 7.94. The topological polar surface area (TPSA) is 32.3 Å². The molecule has 3 nitrogen and oxygen atoms in total. The van der Waals surface area contributed by atoms with Crippen molar-refractivity contribution in [3.05, 3.63) is 24.3 Å². The van der Waals surface area contributed by atoms with E-state index in [2.05, 4.69) is 30.1 Å². The van der Waals surface area contributed by atoms with Crippen molar-refractivity contribution >= 4 is 17.3 Å². The lowest BCUT2D eigenvalue weighted by Crippen LogP contribution is -2.40. The Hall–Kier alpha value is -1.51. The molecule has 2 rings (SSSR count). The monoisotopic (exact) mass is 204 g/mol. The van der Waals surface area contributed by atoms with E-state index < -0.39 is 0 Å². The van der Waals surface area contributed by atoms with Crippen molar-refractivity contribution in [1.29, 1.82) is 0 Å². The predicted molar refractivity (Wildman–Crippen MR) is 62.1 cm³/mol. The molecule has 0 aromatic heterocycles. The number of benzene rings is 1. The van der Waals surface area contributed by atoms with Crippen LogP contribution in [0.15, 0.2) is 24.3 Å². The fourth-order valence-electron chi connectivity index (χ4n) is 1.91. The molecule has 0 radical (unpaired) electrons. The van der Waals surface area contributed by atoms with Crippen LogP contribution in [0.1, 0.15) is 13.8 Å². The highest BCUT2D eigenvalue weighted by Gasteiger charge is 2.21. The summed E-state index contributed by atoms with van der Waals surface area (Å²) in [4.78, 5) is 13.6. The van der Waals surface area contributed by atoms with Crippen LogP contribution in [-0.2, 0) is 4.79 Å². The molecule has 0 unspecified atom stereocenters. The van der Waals surface area contributed by atoms with E-state index in [0.29, 0.717) is 12.5 Å². The Morgan fingerprint density at radius 2 is 2.13 bits per heavy atom. The molecular weight excluding hydrogens is 188 g/mol. The first-order valence-electron chi connectivity index (χ1n) is 5.30. The molecule has 1 aliphatic rings. The van der Waals surface area contributed by atoms with Crippen LogP contribution in [0, 0.1) is 5.92 Å². The quantitative estimate of drug-likeness (QED) is 0.800. The summed E-state index contributed by atoms with van der Waals surface area (Å²) in [5.74, 6) is 0.637. The first kappa shape index (κ1) is 10.0. The van der Waals surface area contributed by atoms with E-state index in [1.165, 1.54) is 0 Å². The van der Waals surface area contributed by atoms with Gasteiger partial charge < -0.3 is 10.2 Å². The minimum Gasteiger partial charge on any atom is -0.360 e. The lowest BCUT2D eigenvalue weighted by molar-refractivity contribution is -0.115. The van der Waals surface area contributed by atoms with Gasteiger partial charge in [0.05, 0.1) is 17.9 Å². The zero-order valence-electron chi connectivity index (χ0n) is 9.16. The van der Waals surface area contributed by atoms with E-state index in [-0.39, 0.29) is 5.91 Å². The molecule has 0 fully saturated rings. The number of fused-ring (bicyclic) bond motifs is 1. The summed E-state index contributed by atoms with van der Waals surface area (Å²) < 4.78 is 0. The number of para-hydroxylation sites is 2. The van der Waals surface area contributed by atoms with Gasteiger partial charge in [0.2, 0.25) is 5.91 Å². The van der Waals surface area contributed by atoms with Crippen LogP contribution in [0.5, 0.6) is 0 Å². The molecule has 1 aromatic rings. The van der Waals surface area contributed by atoms with E-state index in [4.69, 9.17) is 0 Å². The number of amides is 1. The third-order valence-electron chi connectivity index (χ3n) is 2.44. The van der Waals surface area contributed by atoms with Gasteiger partial charge in [-0.1, -0.05) is 26.0 Å². The van der Waals surface area contributed by atoms with E-state index in [0.717, 1.165) is 17.9 Å². The molecule has 1 N–H and O–H groups in total. The zero-order valence-corrected chi connectivity index (χ0v) is 9.16. The standard InChI is InChI=1S/C12H16N2O/c1-9(2)7-14-8-12(15)13-10-5-3-4-6-11(10)14/h3-6,9H,7-8H2,1-2H3,(H,13,15). The van der Waals surface area contributed by atoms with E-state index in [1.807, 2.05) is 18.2 Å². The van der Waals surface area contributed by atoms with Crippen LogP contribution in [0.25, 0.3) is 0 Å². The average Bonchev–Trinajstić information content (AvgIpc) is 2.16. The van der Waals surface area contributed by atoms with Crippen molar-refractivity contribution in [2.45, 2.75) is 13.8 Å². The Bertz CT molecular complexity index is 374. The molecule has 1 aliphatic heterocycles. The molecule has 1 heterocycles. The van der Waals surface area contributed by atoms with Crippen LogP contribution in [0.3, 0.4) is 0 Å². The first-order valence-corrected chi connectivity index (χ1v) is 5.30. The highest BCUT2D eigenvalue weighted by molar-refractivity contribution is 6.01. The van der Waals surface area contributed by atoms with Crippen LogP contribution < -0.4 is 10.2 Å². The van der Waals surface area contributed by atoms with Crippen molar-refractivity contribution < 1.29 is 4.79 Å². The van der Waals surface area contributed by atoms with Gasteiger partial charge in [-0.2, -0.15) is 0 Å². The van der Waals surface area contributed by atoms with Gasteiger partial charge in [0, 0.05) is 6.54 Å². The molecule has 80 valence electrons. The minimum absolute atomic E-state index is 0.0781. The summed E-state index contributed by atoms with van der Waals surface area (Å²) in [7, 11) is 0. The number of carbonyl (C=O) groups is 1. The zero-order chi connectivity index (χ0) is 10.8. The van der Waals surface area contributed by atoms with Crippen molar-refractivity contribution in [1.82, 2.24) is 0 Å². The average molecular weight is 204 g/mol. The number of rotatable bonds is 2. The molecule has 15 heavy (non-hydrogen) atoms. The van der Waals surface area contributed by atoms with E-state index in [1.54, 1.807) is 0 Å². The maximum absolute atomic E-state index is 11.5. The molecule has 0 atom stereocenters. The summed E-state index contributed by atoms with van der Waals surface area (Å²) >= 11 is 0. The SMILES string of the molecule is CC(C)CN1CC(=O)Nc2ccccc21. The van der Waals surface area contributed by atoms with Gasteiger partial charge in [0.25, 0.3) is 0 Å². The molecular formula is C12H16N2O. The van der Waals surface area contributed by atoms with Crippen molar-refractivity contribution in [3.8, 4) is 0 Å². The molecule has 0 saturated carbocycles. The van der Waals surface area contributed by atoms with Crippen LogP contribution >= 0.6 is 0 Å². The number of nitrogens with zero attached hydrogens (tertiary/aromatic N) is 1. The van der Waals surface area contributed by atoms with Crippen molar-refractivity contribution in [2.24, 2.45) is 5.92 Å². The summed E-state index contributed by atoms with van der Waals surface area (Å²) in [6.45, 7) is 5.71. The largest absolute Gasteiger partial charge is 0.360 e. The summed E-state index contributed by atoms with van der Waals surface area (Å²) in [6.07, 6.45) is 0. The fraction of sp³-hybridized carbons (Fsp3) is 0.417. The lowest BCUT2D eigenvalue weighted by atomic mass is 10.1. The second kappa shape index (κ2) is 3.93. The number of anilines is 2. The second-order valence-corrected chi connectivity index (χ2v) is 4.34. The molecule has 3 heteroatoms. The van der Waals surface area contributed by atoms with E-state index >= 15 is 0 Å². The third kappa shape index (κ3) is 2.12. The minimum atomic E-state index is 0.0781. The molecule has 0 bridgehead atoms. The second-order valence-electron chi connectivity index (χ2n) is 4.34. The molecule has 1 amide bonds.